The lowest BCUT2D eigenvalue weighted by atomic mass is 10.1. The first-order chi connectivity index (χ1) is 11.0. The van der Waals surface area contributed by atoms with Gasteiger partial charge in [-0.1, -0.05) is 0 Å². The van der Waals surface area contributed by atoms with Gasteiger partial charge in [-0.2, -0.15) is 5.10 Å². The zero-order valence-corrected chi connectivity index (χ0v) is 15.7. The Labute approximate surface area is 159 Å². The fourth-order valence-electron chi connectivity index (χ4n) is 2.76. The first kappa shape index (κ1) is 21.4. The van der Waals surface area contributed by atoms with Crippen LogP contribution in [0.15, 0.2) is 24.4 Å². The molecule has 3 rings (SSSR count). The molecule has 1 aliphatic heterocycles. The second-order valence-electron chi connectivity index (χ2n) is 5.94. The number of aliphatic hydroxyl groups is 1. The minimum Gasteiger partial charge on any atom is -0.391 e. The Morgan fingerprint density at radius 2 is 2.12 bits per heavy atom. The zero-order valence-electron chi connectivity index (χ0n) is 14.1. The van der Waals surface area contributed by atoms with Gasteiger partial charge in [-0.3, -0.25) is 4.79 Å². The van der Waals surface area contributed by atoms with E-state index in [2.05, 4.69) is 20.7 Å². The molecule has 0 spiro atoms. The number of nitrogens with zero attached hydrogens (tertiary/aromatic N) is 3. The van der Waals surface area contributed by atoms with E-state index >= 15 is 0 Å². The molecule has 1 amide bonds. The maximum absolute atomic E-state index is 12.2. The molecule has 1 aliphatic rings. The van der Waals surface area contributed by atoms with Gasteiger partial charge in [0.15, 0.2) is 5.82 Å². The Hall–Kier alpha value is -1.67. The molecule has 2 atom stereocenters. The number of aryl methyl sites for hydroxylation is 2. The number of rotatable bonds is 4. The number of hydrogen-bond acceptors (Lipinski definition) is 5. The summed E-state index contributed by atoms with van der Waals surface area (Å²) < 4.78 is 1.75. The van der Waals surface area contributed by atoms with Crippen molar-refractivity contribution in [3.63, 3.8) is 0 Å². The fraction of sp³-hybridized carbons (Fsp3) is 0.438. The standard InChI is InChI=1S/C16H21N5O2.2ClH/c1-10-5-11(2)21(20-10)15-4-3-12(7-18-15)16(23)19-8-13-6-17-9-14(13)22;;/h3-5,7,13-14,17,22H,6,8-9H2,1-2H3,(H,19,23);2*1H. The van der Waals surface area contributed by atoms with Crippen LogP contribution in [0.25, 0.3) is 5.82 Å². The highest BCUT2D eigenvalue weighted by Gasteiger charge is 2.25. The number of β-amino-alcohol motifs (C(OH)–C–C–N with tert-alkyl or cyclic N) is 1. The monoisotopic (exact) mass is 387 g/mol. The number of halogens is 2. The molecule has 7 nitrogen and oxygen atoms in total. The third-order valence-corrected chi connectivity index (χ3v) is 4.07. The molecule has 2 aromatic rings. The zero-order chi connectivity index (χ0) is 16.4. The van der Waals surface area contributed by atoms with Crippen LogP contribution in [0.1, 0.15) is 21.7 Å². The van der Waals surface area contributed by atoms with Crippen molar-refractivity contribution in [2.45, 2.75) is 20.0 Å². The van der Waals surface area contributed by atoms with Crippen LogP contribution >= 0.6 is 24.8 Å². The van der Waals surface area contributed by atoms with Crippen molar-refractivity contribution in [1.82, 2.24) is 25.4 Å². The van der Waals surface area contributed by atoms with Gasteiger partial charge in [-0.15, -0.1) is 24.8 Å². The second kappa shape index (κ2) is 9.15. The highest BCUT2D eigenvalue weighted by Crippen LogP contribution is 2.11. The number of hydrogen-bond donors (Lipinski definition) is 3. The first-order valence-corrected chi connectivity index (χ1v) is 7.71. The van der Waals surface area contributed by atoms with Crippen LogP contribution in [0.5, 0.6) is 0 Å². The summed E-state index contributed by atoms with van der Waals surface area (Å²) in [6, 6.07) is 5.49. The van der Waals surface area contributed by atoms with Crippen molar-refractivity contribution >= 4 is 30.7 Å². The van der Waals surface area contributed by atoms with E-state index in [1.165, 1.54) is 0 Å². The summed E-state index contributed by atoms with van der Waals surface area (Å²) in [5, 5.41) is 20.0. The molecule has 2 aromatic heterocycles. The van der Waals surface area contributed by atoms with Gasteiger partial charge in [0, 0.05) is 37.4 Å². The SMILES string of the molecule is Cc1cc(C)n(-c2ccc(C(=O)NCC3CNCC3O)cn2)n1.Cl.Cl. The molecule has 0 saturated carbocycles. The average Bonchev–Trinajstić information content (AvgIpc) is 3.10. The maximum atomic E-state index is 12.2. The van der Waals surface area contributed by atoms with Crippen molar-refractivity contribution in [3.8, 4) is 5.82 Å². The van der Waals surface area contributed by atoms with Crippen molar-refractivity contribution < 1.29 is 9.90 Å². The predicted octanol–water partition coefficient (Wildman–Crippen LogP) is 1.04. The van der Waals surface area contributed by atoms with Gasteiger partial charge in [0.25, 0.3) is 5.91 Å². The quantitative estimate of drug-likeness (QED) is 0.728. The lowest BCUT2D eigenvalue weighted by Gasteiger charge is -2.14. The van der Waals surface area contributed by atoms with Crippen LogP contribution in [0.3, 0.4) is 0 Å². The van der Waals surface area contributed by atoms with Gasteiger partial charge < -0.3 is 15.7 Å². The maximum Gasteiger partial charge on any atom is 0.252 e. The van der Waals surface area contributed by atoms with Gasteiger partial charge in [-0.25, -0.2) is 9.67 Å². The Kier molecular flexibility index (Phi) is 7.82. The highest BCUT2D eigenvalue weighted by molar-refractivity contribution is 5.93. The summed E-state index contributed by atoms with van der Waals surface area (Å²) in [6.07, 6.45) is 1.14. The van der Waals surface area contributed by atoms with E-state index in [-0.39, 0.29) is 36.6 Å². The minimum atomic E-state index is -0.401. The van der Waals surface area contributed by atoms with Crippen molar-refractivity contribution in [2.75, 3.05) is 19.6 Å². The molecule has 0 aliphatic carbocycles. The molecule has 9 heteroatoms. The van der Waals surface area contributed by atoms with E-state index in [9.17, 15) is 9.90 Å². The summed E-state index contributed by atoms with van der Waals surface area (Å²) in [6.45, 7) is 5.64. The van der Waals surface area contributed by atoms with Crippen LogP contribution in [0.4, 0.5) is 0 Å². The summed E-state index contributed by atoms with van der Waals surface area (Å²) in [5.41, 5.74) is 2.42. The van der Waals surface area contributed by atoms with Gasteiger partial charge in [0.2, 0.25) is 0 Å². The molecular weight excluding hydrogens is 365 g/mol. The van der Waals surface area contributed by atoms with Gasteiger partial charge in [0.1, 0.15) is 0 Å². The number of amides is 1. The van der Waals surface area contributed by atoms with Crippen molar-refractivity contribution in [2.24, 2.45) is 5.92 Å². The van der Waals surface area contributed by atoms with Gasteiger partial charge in [-0.05, 0) is 32.0 Å². The number of carbonyl (C=O) groups is 1. The average molecular weight is 388 g/mol. The molecule has 1 saturated heterocycles. The Morgan fingerprint density at radius 3 is 2.64 bits per heavy atom. The van der Waals surface area contributed by atoms with Gasteiger partial charge >= 0.3 is 0 Å². The van der Waals surface area contributed by atoms with E-state index in [1.54, 1.807) is 23.0 Å². The smallest absolute Gasteiger partial charge is 0.252 e. The number of aliphatic hydroxyl groups excluding tert-OH is 1. The molecule has 0 bridgehead atoms. The second-order valence-corrected chi connectivity index (χ2v) is 5.94. The topological polar surface area (TPSA) is 92.1 Å². The molecule has 2 unspecified atom stereocenters. The normalized spacial score (nSPS) is 19.0. The Morgan fingerprint density at radius 1 is 1.36 bits per heavy atom. The molecule has 0 aromatic carbocycles. The van der Waals surface area contributed by atoms with Crippen LogP contribution in [-0.2, 0) is 0 Å². The predicted molar refractivity (Wildman–Crippen MR) is 100 cm³/mol. The van der Waals surface area contributed by atoms with Crippen LogP contribution in [-0.4, -0.2) is 51.5 Å². The summed E-state index contributed by atoms with van der Waals surface area (Å²) in [5.74, 6) is 0.556. The van der Waals surface area contributed by atoms with Crippen LogP contribution < -0.4 is 10.6 Å². The third kappa shape index (κ3) is 4.92. The number of carbonyl (C=O) groups excluding carboxylic acids is 1. The van der Waals surface area contributed by atoms with E-state index in [1.807, 2.05) is 19.9 Å². The third-order valence-electron chi connectivity index (χ3n) is 4.07. The van der Waals surface area contributed by atoms with Crippen molar-refractivity contribution in [3.05, 3.63) is 41.3 Å². The number of aromatic nitrogens is 3. The van der Waals surface area contributed by atoms with E-state index < -0.39 is 6.10 Å². The van der Waals surface area contributed by atoms with E-state index in [0.717, 1.165) is 17.9 Å². The lowest BCUT2D eigenvalue weighted by Crippen LogP contribution is -2.34. The molecule has 3 N–H and O–H groups in total. The summed E-state index contributed by atoms with van der Waals surface area (Å²) in [4.78, 5) is 16.5. The lowest BCUT2D eigenvalue weighted by molar-refractivity contribution is 0.0926. The molecular formula is C16H23Cl2N5O2. The Bertz CT molecular complexity index is 705. The molecule has 1 fully saturated rings. The fourth-order valence-corrected chi connectivity index (χ4v) is 2.76. The van der Waals surface area contributed by atoms with Crippen LogP contribution in [0, 0.1) is 19.8 Å². The van der Waals surface area contributed by atoms with E-state index in [0.29, 0.717) is 24.5 Å². The Balaban J connectivity index is 0.00000156. The molecule has 25 heavy (non-hydrogen) atoms. The van der Waals surface area contributed by atoms with Crippen LogP contribution in [0.2, 0.25) is 0 Å². The largest absolute Gasteiger partial charge is 0.391 e. The first-order valence-electron chi connectivity index (χ1n) is 7.71. The number of pyridine rings is 1. The van der Waals surface area contributed by atoms with Gasteiger partial charge in [0.05, 0.1) is 17.4 Å². The van der Waals surface area contributed by atoms with Crippen molar-refractivity contribution in [1.29, 1.82) is 0 Å². The molecule has 3 heterocycles. The highest BCUT2D eigenvalue weighted by atomic mass is 35.5. The minimum absolute atomic E-state index is 0. The number of nitrogens with one attached hydrogen (secondary N) is 2. The summed E-state index contributed by atoms with van der Waals surface area (Å²) >= 11 is 0. The molecule has 0 radical (unpaired) electrons. The van der Waals surface area contributed by atoms with E-state index in [4.69, 9.17) is 0 Å². The summed E-state index contributed by atoms with van der Waals surface area (Å²) in [7, 11) is 0. The molecule has 138 valence electrons.